The van der Waals surface area contributed by atoms with Crippen molar-refractivity contribution < 1.29 is 14.8 Å². The minimum absolute atomic E-state index is 0.100. The Balaban J connectivity index is 2.56. The molecule has 1 heterocycles. The van der Waals surface area contributed by atoms with Gasteiger partial charge in [-0.25, -0.2) is 0 Å². The quantitative estimate of drug-likeness (QED) is 0.385. The highest BCUT2D eigenvalue weighted by molar-refractivity contribution is 5.98. The minimum atomic E-state index is -1.39. The van der Waals surface area contributed by atoms with Crippen molar-refractivity contribution in [1.82, 2.24) is 4.59 Å². The van der Waals surface area contributed by atoms with Gasteiger partial charge in [0.1, 0.15) is 7.05 Å². The summed E-state index contributed by atoms with van der Waals surface area (Å²) in [6.45, 7) is 0. The molecule has 1 amide bonds. The second-order valence-corrected chi connectivity index (χ2v) is 3.47. The van der Waals surface area contributed by atoms with Crippen LogP contribution in [0.1, 0.15) is 5.56 Å². The van der Waals surface area contributed by atoms with E-state index in [4.69, 9.17) is 0 Å². The standard InChI is InChI=1S/C9H7N3O4/c1-12(9(13)14)8-3-2-7(11(15)16)4-6(8)5-10-12/h2-5H,1H3/t12-/m0/s1. The number of quaternary nitrogens is 1. The molecule has 82 valence electrons. The van der Waals surface area contributed by atoms with Gasteiger partial charge in [-0.05, 0) is 0 Å². The molecular formula is C9H7N3O4. The molecule has 1 aromatic carbocycles. The Morgan fingerprint density at radius 1 is 1.50 bits per heavy atom. The van der Waals surface area contributed by atoms with Gasteiger partial charge < -0.3 is 9.90 Å². The number of nitro groups is 1. The van der Waals surface area contributed by atoms with Crippen molar-refractivity contribution in [1.29, 1.82) is 0 Å². The Morgan fingerprint density at radius 3 is 2.75 bits per heavy atom. The third-order valence-electron chi connectivity index (χ3n) is 2.47. The number of carbonyl (C=O) groups is 1. The van der Waals surface area contributed by atoms with Gasteiger partial charge in [-0.3, -0.25) is 10.1 Å². The van der Waals surface area contributed by atoms with Gasteiger partial charge in [0.05, 0.1) is 16.7 Å². The predicted molar refractivity (Wildman–Crippen MR) is 53.8 cm³/mol. The van der Waals surface area contributed by atoms with Crippen LogP contribution in [0.15, 0.2) is 23.3 Å². The van der Waals surface area contributed by atoms with E-state index in [1.807, 2.05) is 0 Å². The van der Waals surface area contributed by atoms with Crippen molar-refractivity contribution in [3.63, 3.8) is 0 Å². The molecule has 0 saturated heterocycles. The third kappa shape index (κ3) is 1.26. The number of non-ortho nitro benzene ring substituents is 1. The van der Waals surface area contributed by atoms with Crippen LogP contribution in [0.3, 0.4) is 0 Å². The molecule has 1 aromatic rings. The lowest BCUT2D eigenvalue weighted by atomic mass is 10.1. The first kappa shape index (κ1) is 10.2. The van der Waals surface area contributed by atoms with Crippen molar-refractivity contribution in [3.8, 4) is 0 Å². The van der Waals surface area contributed by atoms with Crippen LogP contribution in [0.25, 0.3) is 0 Å². The molecule has 7 heteroatoms. The zero-order valence-electron chi connectivity index (χ0n) is 8.28. The summed E-state index contributed by atoms with van der Waals surface area (Å²) in [6, 6.07) is 3.90. The van der Waals surface area contributed by atoms with Gasteiger partial charge in [-0.2, -0.15) is 0 Å². The number of carboxylic acid groups (broad SMARTS) is 1. The summed E-state index contributed by atoms with van der Waals surface area (Å²) < 4.78 is -0.743. The molecule has 2 rings (SSSR count). The average Bonchev–Trinajstić information content (AvgIpc) is 2.57. The Kier molecular flexibility index (Phi) is 1.99. The molecule has 0 N–H and O–H groups in total. The van der Waals surface area contributed by atoms with Crippen LogP contribution in [0.5, 0.6) is 0 Å². The van der Waals surface area contributed by atoms with Crippen molar-refractivity contribution in [2.45, 2.75) is 0 Å². The molecule has 0 radical (unpaired) electrons. The molecular weight excluding hydrogens is 214 g/mol. The van der Waals surface area contributed by atoms with E-state index in [9.17, 15) is 20.0 Å². The highest BCUT2D eigenvalue weighted by Gasteiger charge is 2.35. The highest BCUT2D eigenvalue weighted by atomic mass is 16.6. The summed E-state index contributed by atoms with van der Waals surface area (Å²) in [5.74, 6) is 0. The number of nitro benzene ring substituents is 1. The van der Waals surface area contributed by atoms with Crippen molar-refractivity contribution in [2.75, 3.05) is 7.05 Å². The summed E-state index contributed by atoms with van der Waals surface area (Å²) in [5, 5.41) is 25.2. The highest BCUT2D eigenvalue weighted by Crippen LogP contribution is 2.32. The first-order chi connectivity index (χ1) is 7.45. The summed E-state index contributed by atoms with van der Waals surface area (Å²) >= 11 is 0. The van der Waals surface area contributed by atoms with E-state index < -0.39 is 15.6 Å². The maximum atomic E-state index is 10.9. The molecule has 16 heavy (non-hydrogen) atoms. The van der Waals surface area contributed by atoms with E-state index in [0.29, 0.717) is 11.3 Å². The Labute approximate surface area is 90.0 Å². The first-order valence-corrected chi connectivity index (χ1v) is 4.38. The second kappa shape index (κ2) is 3.11. The van der Waals surface area contributed by atoms with Crippen molar-refractivity contribution >= 4 is 23.7 Å². The molecule has 1 aliphatic heterocycles. The van der Waals surface area contributed by atoms with E-state index in [2.05, 4.69) is 5.10 Å². The molecule has 0 aliphatic carbocycles. The van der Waals surface area contributed by atoms with Crippen LogP contribution in [-0.4, -0.2) is 24.3 Å². The molecule has 0 bridgehead atoms. The second-order valence-electron chi connectivity index (χ2n) is 3.47. The number of rotatable bonds is 1. The Hall–Kier alpha value is -2.28. The summed E-state index contributed by atoms with van der Waals surface area (Å²) in [7, 11) is 1.34. The maximum absolute atomic E-state index is 10.9. The fourth-order valence-electron chi connectivity index (χ4n) is 1.54. The van der Waals surface area contributed by atoms with Crippen LogP contribution < -0.4 is 9.70 Å². The lowest BCUT2D eigenvalue weighted by Gasteiger charge is -2.22. The zero-order chi connectivity index (χ0) is 11.9. The van der Waals surface area contributed by atoms with Crippen molar-refractivity contribution in [3.05, 3.63) is 33.9 Å². The van der Waals surface area contributed by atoms with Crippen LogP contribution in [0.2, 0.25) is 0 Å². The normalized spacial score (nSPS) is 21.8. The lowest BCUT2D eigenvalue weighted by Crippen LogP contribution is -2.52. The van der Waals surface area contributed by atoms with Gasteiger partial charge in [0, 0.05) is 18.2 Å². The van der Waals surface area contributed by atoms with Gasteiger partial charge in [0.25, 0.3) is 11.8 Å². The Bertz CT molecular complexity index is 525. The van der Waals surface area contributed by atoms with Crippen LogP contribution >= 0.6 is 0 Å². The summed E-state index contributed by atoms with van der Waals surface area (Å²) in [6.07, 6.45) is -0.0955. The molecule has 1 aliphatic rings. The minimum Gasteiger partial charge on any atom is -0.496 e. The van der Waals surface area contributed by atoms with Crippen LogP contribution in [-0.2, 0) is 0 Å². The topological polar surface area (TPSA) is 95.6 Å². The SMILES string of the molecule is C[N@+]1(C(=O)[O-])N=Cc2cc([N+](=O)[O-])ccc21. The number of hydrogen-bond acceptors (Lipinski definition) is 5. The van der Waals surface area contributed by atoms with Gasteiger partial charge in [-0.15, -0.1) is 4.59 Å². The summed E-state index contributed by atoms with van der Waals surface area (Å²) in [4.78, 5) is 20.9. The van der Waals surface area contributed by atoms with Crippen LogP contribution in [0, 0.1) is 10.1 Å². The van der Waals surface area contributed by atoms with Crippen molar-refractivity contribution in [2.24, 2.45) is 5.10 Å². The fraction of sp³-hybridized carbons (Fsp3) is 0.111. The number of amides is 1. The molecule has 0 spiro atoms. The smallest absolute Gasteiger partial charge is 0.290 e. The average molecular weight is 221 g/mol. The fourth-order valence-corrected chi connectivity index (χ4v) is 1.54. The van der Waals surface area contributed by atoms with E-state index in [-0.39, 0.29) is 5.69 Å². The number of hydrogen-bond donors (Lipinski definition) is 0. The van der Waals surface area contributed by atoms with Crippen LogP contribution in [0.4, 0.5) is 16.2 Å². The lowest BCUT2D eigenvalue weighted by molar-refractivity contribution is -0.384. The maximum Gasteiger partial charge on any atom is 0.290 e. The molecule has 0 fully saturated rings. The van der Waals surface area contributed by atoms with E-state index in [1.165, 1.54) is 31.5 Å². The Morgan fingerprint density at radius 2 is 2.19 bits per heavy atom. The van der Waals surface area contributed by atoms with Gasteiger partial charge in [0.15, 0.2) is 5.69 Å². The zero-order valence-corrected chi connectivity index (χ0v) is 8.28. The number of carbonyl (C=O) groups excluding carboxylic acids is 1. The molecule has 0 saturated carbocycles. The number of benzene rings is 1. The predicted octanol–water partition coefficient (Wildman–Crippen LogP) is 0.223. The van der Waals surface area contributed by atoms with E-state index >= 15 is 0 Å². The van der Waals surface area contributed by atoms with E-state index in [1.54, 1.807) is 0 Å². The summed E-state index contributed by atoms with van der Waals surface area (Å²) in [5.41, 5.74) is 0.670. The molecule has 7 nitrogen and oxygen atoms in total. The number of fused-ring (bicyclic) bond motifs is 1. The number of nitrogens with zero attached hydrogens (tertiary/aromatic N) is 3. The third-order valence-corrected chi connectivity index (χ3v) is 2.47. The van der Waals surface area contributed by atoms with Gasteiger partial charge in [-0.1, -0.05) is 5.10 Å². The molecule has 0 aromatic heterocycles. The monoisotopic (exact) mass is 221 g/mol. The largest absolute Gasteiger partial charge is 0.496 e. The van der Waals surface area contributed by atoms with E-state index in [0.717, 1.165) is 0 Å². The van der Waals surface area contributed by atoms with Gasteiger partial charge >= 0.3 is 0 Å². The molecule has 0 unspecified atom stereocenters. The van der Waals surface area contributed by atoms with Gasteiger partial charge in [0.2, 0.25) is 0 Å². The molecule has 1 atom stereocenters. The first-order valence-electron chi connectivity index (χ1n) is 4.38.